The van der Waals surface area contributed by atoms with Gasteiger partial charge in [-0.25, -0.2) is 0 Å². The summed E-state index contributed by atoms with van der Waals surface area (Å²) in [5.41, 5.74) is 0. The number of aliphatic hydroxyl groups is 4. The Kier molecular flexibility index (Phi) is 2.80. The lowest BCUT2D eigenvalue weighted by atomic mass is 10.0. The molecule has 1 heterocycles. The van der Waals surface area contributed by atoms with Gasteiger partial charge in [0.2, 0.25) is 0 Å². The molecule has 4 atom stereocenters. The normalized spacial score (nSPS) is 45.8. The van der Waals surface area contributed by atoms with Crippen LogP contribution in [0.5, 0.6) is 0 Å². The molecule has 1 saturated heterocycles. The molecule has 5 nitrogen and oxygen atoms in total. The summed E-state index contributed by atoms with van der Waals surface area (Å²) in [6.07, 6.45) is -4.11. The Labute approximate surface area is 63.8 Å². The molecule has 1 aliphatic heterocycles. The van der Waals surface area contributed by atoms with E-state index in [1.165, 1.54) is 0 Å². The Morgan fingerprint density at radius 3 is 2.45 bits per heavy atom. The molecule has 0 aromatic carbocycles. The van der Waals surface area contributed by atoms with Crippen LogP contribution in [0.25, 0.3) is 0 Å². The van der Waals surface area contributed by atoms with Gasteiger partial charge in [0.1, 0.15) is 12.2 Å². The van der Waals surface area contributed by atoms with Crippen LogP contribution in [0, 0.1) is 0 Å². The largest absolute Gasteiger partial charge is 0.394 e. The van der Waals surface area contributed by atoms with E-state index in [0.29, 0.717) is 0 Å². The molecule has 0 spiro atoms. The van der Waals surface area contributed by atoms with Crippen LogP contribution in [-0.4, -0.2) is 51.6 Å². The van der Waals surface area contributed by atoms with Crippen LogP contribution >= 0.6 is 0 Å². The Hall–Kier alpha value is -0.200. The quantitative estimate of drug-likeness (QED) is 0.353. The van der Waals surface area contributed by atoms with Crippen molar-refractivity contribution in [3.05, 3.63) is 0 Å². The maximum atomic E-state index is 9.11. The van der Waals surface area contributed by atoms with Crippen molar-refractivity contribution < 1.29 is 25.2 Å². The van der Waals surface area contributed by atoms with Crippen molar-refractivity contribution in [1.82, 2.24) is 0 Å². The molecule has 11 heavy (non-hydrogen) atoms. The van der Waals surface area contributed by atoms with Gasteiger partial charge in [-0.3, -0.25) is 0 Å². The summed E-state index contributed by atoms with van der Waals surface area (Å²) in [5, 5.41) is 35.6. The van der Waals surface area contributed by atoms with E-state index in [0.717, 1.165) is 0 Å². The van der Waals surface area contributed by atoms with Crippen molar-refractivity contribution in [2.75, 3.05) is 6.61 Å². The van der Waals surface area contributed by atoms with Gasteiger partial charge < -0.3 is 25.2 Å². The molecule has 4 N–H and O–H groups in total. The summed E-state index contributed by atoms with van der Waals surface area (Å²) >= 11 is 0. The average Bonchev–Trinajstić information content (AvgIpc) is 1.96. The third kappa shape index (κ3) is 1.88. The average molecular weight is 164 g/mol. The standard InChI is InChI=1S/C6H12O5/c7-2-4-6(10)3(8)1-5(9)11-4/h3-10H,1-2H2/t3-,4?,5+,6?/m0/s1. The number of aliphatic hydroxyl groups excluding tert-OH is 4. The summed E-state index contributed by atoms with van der Waals surface area (Å²) in [6.45, 7) is -0.407. The lowest BCUT2D eigenvalue weighted by molar-refractivity contribution is -0.239. The van der Waals surface area contributed by atoms with Crippen molar-refractivity contribution in [1.29, 1.82) is 0 Å². The Balaban J connectivity index is 2.51. The van der Waals surface area contributed by atoms with E-state index in [9.17, 15) is 0 Å². The second kappa shape index (κ2) is 3.46. The molecular formula is C6H12O5. The molecule has 0 radical (unpaired) electrons. The maximum Gasteiger partial charge on any atom is 0.157 e. The van der Waals surface area contributed by atoms with Gasteiger partial charge in [-0.05, 0) is 0 Å². The third-order valence-electron chi connectivity index (χ3n) is 1.73. The Bertz CT molecular complexity index is 128. The zero-order valence-corrected chi connectivity index (χ0v) is 5.92. The number of hydrogen-bond donors (Lipinski definition) is 4. The first-order valence-electron chi connectivity index (χ1n) is 3.45. The second-order valence-corrected chi connectivity index (χ2v) is 2.61. The first-order chi connectivity index (χ1) is 5.15. The summed E-state index contributed by atoms with van der Waals surface area (Å²) in [5.74, 6) is 0. The topological polar surface area (TPSA) is 90.2 Å². The second-order valence-electron chi connectivity index (χ2n) is 2.61. The molecule has 0 amide bonds. The predicted octanol–water partition coefficient (Wildman–Crippen LogP) is -2.19. The number of ether oxygens (including phenoxy) is 1. The minimum Gasteiger partial charge on any atom is -0.394 e. The van der Waals surface area contributed by atoms with Crippen LogP contribution in [0.3, 0.4) is 0 Å². The highest BCUT2D eigenvalue weighted by molar-refractivity contribution is 4.81. The zero-order valence-electron chi connectivity index (χ0n) is 5.92. The fourth-order valence-corrected chi connectivity index (χ4v) is 1.08. The van der Waals surface area contributed by atoms with E-state index < -0.39 is 31.2 Å². The van der Waals surface area contributed by atoms with E-state index in [2.05, 4.69) is 0 Å². The highest BCUT2D eigenvalue weighted by Crippen LogP contribution is 2.18. The molecule has 66 valence electrons. The van der Waals surface area contributed by atoms with Crippen molar-refractivity contribution >= 4 is 0 Å². The lowest BCUT2D eigenvalue weighted by Crippen LogP contribution is -2.49. The fourth-order valence-electron chi connectivity index (χ4n) is 1.08. The Morgan fingerprint density at radius 2 is 1.91 bits per heavy atom. The van der Waals surface area contributed by atoms with Gasteiger partial charge in [0.15, 0.2) is 6.29 Å². The zero-order chi connectivity index (χ0) is 8.43. The SMILES string of the molecule is OCC1O[C@@H](O)C[C@H](O)C1O. The Morgan fingerprint density at radius 1 is 1.27 bits per heavy atom. The smallest absolute Gasteiger partial charge is 0.157 e. The monoisotopic (exact) mass is 164 g/mol. The molecule has 0 aromatic heterocycles. The van der Waals surface area contributed by atoms with Crippen molar-refractivity contribution in [2.45, 2.75) is 31.0 Å². The van der Waals surface area contributed by atoms with Crippen LogP contribution < -0.4 is 0 Å². The van der Waals surface area contributed by atoms with Gasteiger partial charge in [-0.1, -0.05) is 0 Å². The summed E-state index contributed by atoms with van der Waals surface area (Å²) < 4.78 is 4.71. The van der Waals surface area contributed by atoms with Crippen LogP contribution in [0.2, 0.25) is 0 Å². The van der Waals surface area contributed by atoms with E-state index in [-0.39, 0.29) is 6.42 Å². The van der Waals surface area contributed by atoms with Gasteiger partial charge in [-0.2, -0.15) is 0 Å². The van der Waals surface area contributed by atoms with Crippen LogP contribution in [-0.2, 0) is 4.74 Å². The summed E-state index contributed by atoms with van der Waals surface area (Å²) in [6, 6.07) is 0. The van der Waals surface area contributed by atoms with Crippen LogP contribution in [0.4, 0.5) is 0 Å². The first kappa shape index (κ1) is 8.89. The van der Waals surface area contributed by atoms with Gasteiger partial charge >= 0.3 is 0 Å². The van der Waals surface area contributed by atoms with Crippen molar-refractivity contribution in [3.8, 4) is 0 Å². The van der Waals surface area contributed by atoms with Gasteiger partial charge in [0, 0.05) is 6.42 Å². The maximum absolute atomic E-state index is 9.11. The van der Waals surface area contributed by atoms with E-state index in [1.54, 1.807) is 0 Å². The molecule has 0 aromatic rings. The molecule has 0 bridgehead atoms. The highest BCUT2D eigenvalue weighted by Gasteiger charge is 2.35. The molecule has 5 heteroatoms. The third-order valence-corrected chi connectivity index (χ3v) is 1.73. The van der Waals surface area contributed by atoms with Crippen LogP contribution in [0.1, 0.15) is 6.42 Å². The molecule has 0 saturated carbocycles. The van der Waals surface area contributed by atoms with Gasteiger partial charge in [0.25, 0.3) is 0 Å². The van der Waals surface area contributed by atoms with Crippen LogP contribution in [0.15, 0.2) is 0 Å². The minimum atomic E-state index is -1.11. The fraction of sp³-hybridized carbons (Fsp3) is 1.00. The molecular weight excluding hydrogens is 152 g/mol. The molecule has 1 fully saturated rings. The number of hydrogen-bond acceptors (Lipinski definition) is 5. The molecule has 2 unspecified atom stereocenters. The van der Waals surface area contributed by atoms with Crippen molar-refractivity contribution in [3.63, 3.8) is 0 Å². The lowest BCUT2D eigenvalue weighted by Gasteiger charge is -2.33. The minimum absolute atomic E-state index is 0.0162. The van der Waals surface area contributed by atoms with Gasteiger partial charge in [0.05, 0.1) is 12.7 Å². The highest BCUT2D eigenvalue weighted by atomic mass is 16.6. The van der Waals surface area contributed by atoms with E-state index >= 15 is 0 Å². The molecule has 0 aliphatic carbocycles. The van der Waals surface area contributed by atoms with E-state index in [1.807, 2.05) is 0 Å². The number of rotatable bonds is 1. The van der Waals surface area contributed by atoms with E-state index in [4.69, 9.17) is 25.2 Å². The van der Waals surface area contributed by atoms with Crippen molar-refractivity contribution in [2.24, 2.45) is 0 Å². The molecule has 1 aliphatic rings. The predicted molar refractivity (Wildman–Crippen MR) is 34.6 cm³/mol. The van der Waals surface area contributed by atoms with Gasteiger partial charge in [-0.15, -0.1) is 0 Å². The summed E-state index contributed by atoms with van der Waals surface area (Å²) in [7, 11) is 0. The summed E-state index contributed by atoms with van der Waals surface area (Å²) in [4.78, 5) is 0. The first-order valence-corrected chi connectivity index (χ1v) is 3.45. The molecule has 1 rings (SSSR count).